The molecule has 0 rings (SSSR count). The minimum Gasteiger partial charge on any atom is -0.344 e. The van der Waals surface area contributed by atoms with E-state index in [1.807, 2.05) is 0 Å². The van der Waals surface area contributed by atoms with E-state index in [0.29, 0.717) is 19.4 Å². The van der Waals surface area contributed by atoms with Gasteiger partial charge in [-0.3, -0.25) is 8.57 Å². The summed E-state index contributed by atoms with van der Waals surface area (Å²) in [6.07, 6.45) is 31.5. The molecular weight excluding hydrogens is 473 g/mol. The largest absolute Gasteiger partial charge is 0.344 e. The monoisotopic (exact) mass is 537 g/mol. The molecule has 0 aromatic carbocycles. The van der Waals surface area contributed by atoms with E-state index >= 15 is 0 Å². The Hall–Kier alpha value is -0.200. The molecule has 0 fully saturated rings. The normalized spacial score (nSPS) is 11.6. The van der Waals surface area contributed by atoms with Gasteiger partial charge in [-0.2, -0.15) is 8.42 Å². The fourth-order valence-corrected chi connectivity index (χ4v) is 5.73. The van der Waals surface area contributed by atoms with Crippen molar-refractivity contribution in [3.05, 3.63) is 0 Å². The van der Waals surface area contributed by atoms with E-state index in [9.17, 15) is 12.8 Å². The summed E-state index contributed by atoms with van der Waals surface area (Å²) in [6.45, 7) is 2.43. The lowest BCUT2D eigenvalue weighted by atomic mass is 10.0. The molecule has 0 unspecified atom stereocenters. The third-order valence-electron chi connectivity index (χ3n) is 7.04. The lowest BCUT2D eigenvalue weighted by molar-refractivity contribution is 0.305. The summed E-state index contributed by atoms with van der Waals surface area (Å²) in [4.78, 5) is 0. The van der Waals surface area contributed by atoms with Crippen LogP contribution >= 0.6 is 0 Å². The number of rotatable bonds is 30. The molecule has 0 radical (unpaired) electrons. The lowest BCUT2D eigenvalue weighted by Crippen LogP contribution is -2.11. The van der Waals surface area contributed by atoms with Crippen LogP contribution in [0.4, 0.5) is 4.39 Å². The average Bonchev–Trinajstić information content (AvgIpc) is 2.84. The van der Waals surface area contributed by atoms with Crippen molar-refractivity contribution in [1.82, 2.24) is 6.15 Å². The van der Waals surface area contributed by atoms with Crippen LogP contribution in [-0.2, 0) is 14.3 Å². The summed E-state index contributed by atoms with van der Waals surface area (Å²) < 4.78 is 41.1. The maximum absolute atomic E-state index is 12.0. The van der Waals surface area contributed by atoms with Gasteiger partial charge < -0.3 is 6.15 Å². The predicted molar refractivity (Wildman–Crippen MR) is 156 cm³/mol. The Bertz CT molecular complexity index is 502. The van der Waals surface area contributed by atoms with Crippen LogP contribution in [0.5, 0.6) is 0 Å². The summed E-state index contributed by atoms with van der Waals surface area (Å²) >= 11 is 0. The number of halogens is 1. The van der Waals surface area contributed by atoms with Crippen molar-refractivity contribution in [1.29, 1.82) is 0 Å². The second-order valence-corrected chi connectivity index (χ2v) is 12.4. The number of unbranched alkanes of at least 4 members (excludes halogenated alkanes) is 24. The summed E-state index contributed by atoms with van der Waals surface area (Å²) in [6, 6.07) is 0. The Morgan fingerprint density at radius 3 is 1.14 bits per heavy atom. The number of hydrogen-bond acceptors (Lipinski definition) is 4. The third-order valence-corrected chi connectivity index (χ3v) is 8.35. The standard InChI is InChI=1S/C30H61FO3S.H3N/c1-2-3-4-5-6-7-8-9-10-11-12-13-14-17-20-23-26-29-34-35(32,33)30-27-24-21-18-15-16-19-22-25-28-31;/h2-30H2,1H3;1H3. The highest BCUT2D eigenvalue weighted by molar-refractivity contribution is 7.86. The zero-order valence-corrected chi connectivity index (χ0v) is 25.0. The van der Waals surface area contributed by atoms with Crippen LogP contribution in [0.3, 0.4) is 0 Å². The highest BCUT2D eigenvalue weighted by Gasteiger charge is 2.10. The molecule has 0 aliphatic rings. The van der Waals surface area contributed by atoms with E-state index in [0.717, 1.165) is 44.9 Å². The van der Waals surface area contributed by atoms with Gasteiger partial charge in [-0.1, -0.05) is 155 Å². The number of hydrogen-bond donors (Lipinski definition) is 1. The molecule has 0 aliphatic heterocycles. The maximum Gasteiger partial charge on any atom is 0.267 e. The van der Waals surface area contributed by atoms with Crippen LogP contribution < -0.4 is 6.15 Å². The van der Waals surface area contributed by atoms with Gasteiger partial charge in [0.1, 0.15) is 0 Å². The minimum absolute atomic E-state index is 0. The topological polar surface area (TPSA) is 78.4 Å². The Morgan fingerprint density at radius 2 is 0.778 bits per heavy atom. The van der Waals surface area contributed by atoms with Gasteiger partial charge in [0, 0.05) is 0 Å². The van der Waals surface area contributed by atoms with E-state index in [1.165, 1.54) is 109 Å². The number of alkyl halides is 1. The van der Waals surface area contributed by atoms with Gasteiger partial charge in [0.05, 0.1) is 19.0 Å². The van der Waals surface area contributed by atoms with Gasteiger partial charge in [-0.15, -0.1) is 0 Å². The van der Waals surface area contributed by atoms with Crippen molar-refractivity contribution in [3.8, 4) is 0 Å². The third kappa shape index (κ3) is 31.8. The van der Waals surface area contributed by atoms with Crippen LogP contribution in [-0.4, -0.2) is 27.5 Å². The molecule has 220 valence electrons. The zero-order chi connectivity index (χ0) is 25.7. The van der Waals surface area contributed by atoms with E-state index in [4.69, 9.17) is 4.18 Å². The van der Waals surface area contributed by atoms with E-state index in [1.54, 1.807) is 0 Å². The molecular formula is C30H64FNO3S. The Morgan fingerprint density at radius 1 is 0.472 bits per heavy atom. The Balaban J connectivity index is 0. The Kier molecular flexibility index (Phi) is 32.7. The van der Waals surface area contributed by atoms with Gasteiger partial charge in [0.2, 0.25) is 0 Å². The van der Waals surface area contributed by atoms with Gasteiger partial charge in [0.15, 0.2) is 0 Å². The van der Waals surface area contributed by atoms with Crippen LogP contribution in [0.2, 0.25) is 0 Å². The molecule has 0 aromatic heterocycles. The first kappa shape index (κ1) is 37.9. The van der Waals surface area contributed by atoms with Crippen molar-refractivity contribution in [2.75, 3.05) is 19.0 Å². The lowest BCUT2D eigenvalue weighted by Gasteiger charge is -2.06. The second kappa shape index (κ2) is 31.0. The van der Waals surface area contributed by atoms with Crippen molar-refractivity contribution >= 4 is 10.1 Å². The molecule has 0 aromatic rings. The zero-order valence-electron chi connectivity index (χ0n) is 24.2. The minimum atomic E-state index is -3.35. The van der Waals surface area contributed by atoms with E-state index in [-0.39, 0.29) is 18.6 Å². The quantitative estimate of drug-likeness (QED) is 0.0730. The fraction of sp³-hybridized carbons (Fsp3) is 1.00. The van der Waals surface area contributed by atoms with Crippen molar-refractivity contribution in [2.24, 2.45) is 0 Å². The molecule has 0 saturated heterocycles. The second-order valence-electron chi connectivity index (χ2n) is 10.6. The molecule has 6 heteroatoms. The van der Waals surface area contributed by atoms with Gasteiger partial charge in [0.25, 0.3) is 10.1 Å². The molecule has 0 spiro atoms. The molecule has 0 heterocycles. The molecule has 0 aliphatic carbocycles. The van der Waals surface area contributed by atoms with E-state index in [2.05, 4.69) is 6.92 Å². The van der Waals surface area contributed by atoms with Crippen molar-refractivity contribution < 1.29 is 17.0 Å². The first-order chi connectivity index (χ1) is 17.1. The first-order valence-corrected chi connectivity index (χ1v) is 17.1. The SMILES string of the molecule is CCCCCCCCCCCCCCCCCCCOS(=O)(=O)CCCCCCCCCCCF.N. The van der Waals surface area contributed by atoms with Gasteiger partial charge in [-0.25, -0.2) is 0 Å². The summed E-state index contributed by atoms with van der Waals surface area (Å²) in [5.41, 5.74) is 0. The van der Waals surface area contributed by atoms with Crippen LogP contribution in [0.25, 0.3) is 0 Å². The molecule has 0 amide bonds. The smallest absolute Gasteiger partial charge is 0.267 e. The molecule has 3 N–H and O–H groups in total. The summed E-state index contributed by atoms with van der Waals surface area (Å²) in [5.74, 6) is 0.155. The average molecular weight is 538 g/mol. The van der Waals surface area contributed by atoms with Crippen LogP contribution in [0.1, 0.15) is 174 Å². The van der Waals surface area contributed by atoms with Crippen molar-refractivity contribution in [2.45, 2.75) is 174 Å². The highest BCUT2D eigenvalue weighted by atomic mass is 32.2. The van der Waals surface area contributed by atoms with Gasteiger partial charge in [-0.05, 0) is 19.3 Å². The maximum atomic E-state index is 12.0. The fourth-order valence-electron chi connectivity index (χ4n) is 4.68. The van der Waals surface area contributed by atoms with Crippen molar-refractivity contribution in [3.63, 3.8) is 0 Å². The molecule has 0 bridgehead atoms. The van der Waals surface area contributed by atoms with Crippen LogP contribution in [0.15, 0.2) is 0 Å². The highest BCUT2D eigenvalue weighted by Crippen LogP contribution is 2.15. The van der Waals surface area contributed by atoms with Gasteiger partial charge >= 0.3 is 0 Å². The summed E-state index contributed by atoms with van der Waals surface area (Å²) in [5, 5.41) is 0. The van der Waals surface area contributed by atoms with Crippen LogP contribution in [0, 0.1) is 0 Å². The molecule has 0 atom stereocenters. The Labute approximate surface area is 226 Å². The predicted octanol–water partition coefficient (Wildman–Crippen LogP) is 10.6. The first-order valence-electron chi connectivity index (χ1n) is 15.6. The summed E-state index contributed by atoms with van der Waals surface area (Å²) in [7, 11) is -3.35. The molecule has 0 saturated carbocycles. The molecule has 36 heavy (non-hydrogen) atoms. The molecule has 4 nitrogen and oxygen atoms in total. The van der Waals surface area contributed by atoms with E-state index < -0.39 is 10.1 Å².